The number of methoxy groups -OCH3 is 2. The quantitative estimate of drug-likeness (QED) is 0.0292. The Morgan fingerprint density at radius 1 is 0.603 bits per heavy atom. The number of fused-ring (bicyclic) bond motifs is 2. The Kier molecular flexibility index (Phi) is 17.8. The fraction of sp³-hybridized carbons (Fsp3) is 0.0800. The van der Waals surface area contributed by atoms with E-state index in [1.165, 1.54) is 45.4 Å². The minimum absolute atomic E-state index is 0. The van der Waals surface area contributed by atoms with Crippen LogP contribution in [-0.4, -0.2) is 94.8 Å². The van der Waals surface area contributed by atoms with Crippen molar-refractivity contribution in [1.29, 1.82) is 0 Å². The summed E-state index contributed by atoms with van der Waals surface area (Å²) in [5, 5.41) is 58.3. The molecule has 0 aromatic heterocycles. The van der Waals surface area contributed by atoms with E-state index in [4.69, 9.17) is 32.7 Å². The van der Waals surface area contributed by atoms with Gasteiger partial charge in [-0.3, -0.25) is 18.9 Å². The molecular weight excluding hydrogens is 1050 g/mol. The van der Waals surface area contributed by atoms with Gasteiger partial charge in [0.2, 0.25) is 0 Å². The molecule has 0 bridgehead atoms. The van der Waals surface area contributed by atoms with Crippen molar-refractivity contribution < 1.29 is 55.5 Å². The van der Waals surface area contributed by atoms with E-state index in [1.807, 2.05) is 0 Å². The molecule has 0 heterocycles. The Hall–Kier alpha value is -6.72. The van der Waals surface area contributed by atoms with Crippen LogP contribution in [0.1, 0.15) is 27.0 Å². The Labute approximate surface area is 457 Å². The molecule has 0 unspecified atom stereocenters. The molecule has 8 rings (SSSR count). The largest absolute Gasteiger partial charge is 2.00 e. The molecule has 0 fully saturated rings. The number of anilines is 1. The molecule has 0 saturated carbocycles. The van der Waals surface area contributed by atoms with Gasteiger partial charge in [-0.2, -0.15) is 21.9 Å². The first-order valence-corrected chi connectivity index (χ1v) is 24.5. The van der Waals surface area contributed by atoms with Crippen molar-refractivity contribution in [1.82, 2.24) is 0 Å². The average molecular weight is 1090 g/mol. The van der Waals surface area contributed by atoms with E-state index in [2.05, 4.69) is 30.8 Å². The normalized spacial score (nSPS) is 11.9. The van der Waals surface area contributed by atoms with Crippen LogP contribution in [-0.2, 0) is 20.2 Å². The molecule has 0 aliphatic carbocycles. The van der Waals surface area contributed by atoms with Crippen LogP contribution < -0.4 is 25.0 Å². The summed E-state index contributed by atoms with van der Waals surface area (Å²) in [7, 11) is -6.38. The van der Waals surface area contributed by atoms with Crippen LogP contribution in [0.2, 0.25) is 10.0 Å². The first kappa shape index (κ1) is 55.6. The van der Waals surface area contributed by atoms with Gasteiger partial charge in [0.25, 0.3) is 26.1 Å². The molecule has 8 aromatic carbocycles. The van der Waals surface area contributed by atoms with E-state index >= 15 is 0 Å². The minimum atomic E-state index is -4.69. The number of nitrogens with one attached hydrogen (secondary N) is 1. The Bertz CT molecular complexity index is 3790. The van der Waals surface area contributed by atoms with Gasteiger partial charge in [0.15, 0.2) is 5.75 Å². The molecule has 8 aromatic rings. The van der Waals surface area contributed by atoms with Gasteiger partial charge in [-0.15, -0.1) is 15.3 Å². The number of phenolic OH excluding ortho intramolecular Hbond substituents is 1. The maximum absolute atomic E-state index is 13.3. The van der Waals surface area contributed by atoms with Gasteiger partial charge in [0.05, 0.1) is 31.2 Å². The second-order valence-corrected chi connectivity index (χ2v) is 19.1. The molecule has 0 atom stereocenters. The number of rotatable bonds is 12. The van der Waals surface area contributed by atoms with Crippen molar-refractivity contribution in [2.24, 2.45) is 25.4 Å². The van der Waals surface area contributed by atoms with Crippen LogP contribution >= 0.6 is 23.2 Å². The van der Waals surface area contributed by atoms with Crippen LogP contribution in [0.4, 0.5) is 34.1 Å². The average Bonchev–Trinajstić information content (AvgIpc) is 3.33. The number of benzene rings is 8. The smallest absolute Gasteiger partial charge is 0.871 e. The number of hydrogen-bond donors (Lipinski definition) is 4. The van der Waals surface area contributed by atoms with E-state index in [0.29, 0.717) is 55.5 Å². The zero-order chi connectivity index (χ0) is 52.1. The number of amides is 1. The first-order valence-electron chi connectivity index (χ1n) is 20.9. The van der Waals surface area contributed by atoms with Crippen LogP contribution in [0.3, 0.4) is 0 Å². The molecule has 0 aliphatic heterocycles. The number of ether oxygens (including phenoxy) is 2. The second kappa shape index (κ2) is 23.4. The molecule has 1 amide bonds. The monoisotopic (exact) mass is 1090 g/mol. The van der Waals surface area contributed by atoms with E-state index in [9.17, 15) is 46.1 Å². The van der Waals surface area contributed by atoms with Gasteiger partial charge in [-0.1, -0.05) is 89.6 Å². The van der Waals surface area contributed by atoms with Gasteiger partial charge < -0.3 is 30.1 Å². The minimum Gasteiger partial charge on any atom is -0.871 e. The summed E-state index contributed by atoms with van der Waals surface area (Å²) in [5.74, 6) is -1.57. The number of hydrogen-bond acceptors (Lipinski definition) is 15. The number of azo groups is 2. The Morgan fingerprint density at radius 3 is 1.60 bits per heavy atom. The number of aliphatic imine (C=N–C) groups is 1. The zero-order valence-corrected chi connectivity index (χ0v) is 44.1. The summed E-state index contributed by atoms with van der Waals surface area (Å²) < 4.78 is 77.1. The molecule has 18 nitrogen and oxygen atoms in total. The standard InChI is InChI=1S/2C25H20ClN3O6S.Ca/c2*1-14-10-16(26)12-21(36(32,33)34)22(14)28-29-23-19-9-4-3-6-15(19)11-20(24(23)30)25(31)27-17-7-5-8-18(13-17)35-2;/h2*3-13,30H,1-2H3,(H,27,31)(H,32,33,34);/q;;+2/p-2. The molecule has 0 radical (unpaired) electrons. The molecular formula is C50H38CaCl2N6O12S2. The van der Waals surface area contributed by atoms with E-state index in [0.717, 1.165) is 12.1 Å². The number of aryl methyl sites for hydroxylation is 2. The molecule has 0 aliphatic rings. The van der Waals surface area contributed by atoms with E-state index < -0.39 is 53.3 Å². The number of phenols is 1. The van der Waals surface area contributed by atoms with Crippen LogP contribution in [0, 0.1) is 13.8 Å². The molecule has 0 spiro atoms. The summed E-state index contributed by atoms with van der Waals surface area (Å²) in [5.41, 5.74) is 0.466. The molecule has 368 valence electrons. The topological polar surface area (TPSA) is 284 Å². The molecule has 23 heteroatoms. The fourth-order valence-corrected chi connectivity index (χ4v) is 9.29. The second-order valence-electron chi connectivity index (χ2n) is 15.5. The number of aromatic hydroxyl groups is 1. The number of halogens is 2. The van der Waals surface area contributed by atoms with E-state index in [-0.39, 0.29) is 81.7 Å². The van der Waals surface area contributed by atoms with Crippen LogP contribution in [0.15, 0.2) is 169 Å². The van der Waals surface area contributed by atoms with E-state index in [1.54, 1.807) is 104 Å². The predicted molar refractivity (Wildman–Crippen MR) is 275 cm³/mol. The molecule has 0 saturated heterocycles. The van der Waals surface area contributed by atoms with Crippen molar-refractivity contribution in [3.63, 3.8) is 0 Å². The Morgan fingerprint density at radius 2 is 1.07 bits per heavy atom. The summed E-state index contributed by atoms with van der Waals surface area (Å²) in [4.78, 5) is 16.0. The molecule has 73 heavy (non-hydrogen) atoms. The summed E-state index contributed by atoms with van der Waals surface area (Å²) >= 11 is 11.9. The van der Waals surface area contributed by atoms with Gasteiger partial charge in [0, 0.05) is 38.6 Å². The third kappa shape index (κ3) is 13.1. The predicted octanol–water partition coefficient (Wildman–Crippen LogP) is 11.0. The summed E-state index contributed by atoms with van der Waals surface area (Å²) in [6.07, 6.45) is 0. The first-order chi connectivity index (χ1) is 34.2. The fourth-order valence-electron chi connectivity index (χ4n) is 7.18. The summed E-state index contributed by atoms with van der Waals surface area (Å²) in [6, 6.07) is 34.7. The van der Waals surface area contributed by atoms with Gasteiger partial charge in [-0.25, -0.2) is 0 Å². The maximum atomic E-state index is 13.3. The molecule has 4 N–H and O–H groups in total. The van der Waals surface area contributed by atoms with Crippen molar-refractivity contribution in [2.45, 2.75) is 23.6 Å². The van der Waals surface area contributed by atoms with Crippen LogP contribution in [0.5, 0.6) is 23.0 Å². The summed E-state index contributed by atoms with van der Waals surface area (Å²) in [6.45, 7) is 3.07. The third-order valence-corrected chi connectivity index (χ3v) is 12.7. The van der Waals surface area contributed by atoms with Gasteiger partial charge in [0.1, 0.15) is 38.4 Å². The van der Waals surface area contributed by atoms with Gasteiger partial charge in [-0.05, 0) is 108 Å². The number of carbonyl (C=O) groups excluding carboxylic acids is 1. The third-order valence-electron chi connectivity index (χ3n) is 10.6. The van der Waals surface area contributed by atoms with Crippen molar-refractivity contribution in [2.75, 3.05) is 19.5 Å². The number of nitrogens with zero attached hydrogens (tertiary/aromatic N) is 5. The number of carbonyl (C=O) groups is 1. The zero-order valence-electron chi connectivity index (χ0n) is 38.7. The van der Waals surface area contributed by atoms with Crippen molar-refractivity contribution >= 4 is 149 Å². The van der Waals surface area contributed by atoms with Crippen LogP contribution in [0.25, 0.3) is 21.5 Å². The van der Waals surface area contributed by atoms with Crippen molar-refractivity contribution in [3.05, 3.63) is 166 Å². The van der Waals surface area contributed by atoms with Gasteiger partial charge >= 0.3 is 37.7 Å². The Balaban J connectivity index is 0.000000235. The van der Waals surface area contributed by atoms with Crippen molar-refractivity contribution in [3.8, 4) is 23.0 Å². The SMILES string of the molecule is COc1cccc(N=C([O-])c2cc3ccccc3c(N=Nc3c(C)cc(Cl)cc3S(=O)(=O)O)c2[O-])c1.COc1cccc(NC(=O)c2cc3ccccc3c(N=Nc3c(C)cc(Cl)cc3S(=O)(=O)O)c2O)c1.[Ca+2]. The maximum Gasteiger partial charge on any atom is 2.00 e.